The van der Waals surface area contributed by atoms with E-state index in [1.807, 2.05) is 0 Å². The summed E-state index contributed by atoms with van der Waals surface area (Å²) in [5.74, 6) is 0. The van der Waals surface area contributed by atoms with Gasteiger partial charge in [-0.2, -0.15) is 0 Å². The van der Waals surface area contributed by atoms with Crippen LogP contribution in [0.25, 0.3) is 0 Å². The molecule has 0 fully saturated rings. The van der Waals surface area contributed by atoms with Crippen molar-refractivity contribution < 1.29 is 9.47 Å². The van der Waals surface area contributed by atoms with Crippen molar-refractivity contribution in [3.05, 3.63) is 6.92 Å². The van der Waals surface area contributed by atoms with E-state index in [0.717, 1.165) is 26.2 Å². The first-order valence-corrected chi connectivity index (χ1v) is 15.8. The van der Waals surface area contributed by atoms with Crippen LogP contribution in [0.4, 0.5) is 0 Å². The van der Waals surface area contributed by atoms with Crippen molar-refractivity contribution in [1.29, 1.82) is 0 Å². The van der Waals surface area contributed by atoms with Gasteiger partial charge in [-0.05, 0) is 19.3 Å². The molecule has 0 aliphatic rings. The van der Waals surface area contributed by atoms with Gasteiger partial charge in [0.05, 0.1) is 12.7 Å². The smallest absolute Gasteiger partial charge is 0.0808 e. The summed E-state index contributed by atoms with van der Waals surface area (Å²) < 4.78 is 11.9. The Morgan fingerprint density at radius 3 is 1.12 bits per heavy atom. The van der Waals surface area contributed by atoms with Gasteiger partial charge in [0, 0.05) is 13.2 Å². The third-order valence-corrected chi connectivity index (χ3v) is 7.12. The number of hydrogen-bond acceptors (Lipinski definition) is 2. The van der Waals surface area contributed by atoms with Gasteiger partial charge >= 0.3 is 0 Å². The normalized spacial score (nSPS) is 12.4. The Balaban J connectivity index is 3.24. The predicted molar refractivity (Wildman–Crippen MR) is 153 cm³/mol. The average Bonchev–Trinajstić information content (AvgIpc) is 2.85. The molecule has 0 heterocycles. The molecule has 2 nitrogen and oxygen atoms in total. The average molecular weight is 482 g/mol. The monoisotopic (exact) mass is 481 g/mol. The van der Waals surface area contributed by atoms with E-state index >= 15 is 0 Å². The lowest BCUT2D eigenvalue weighted by molar-refractivity contribution is -0.0171. The fraction of sp³-hybridized carbons (Fsp3) is 0.969. The Morgan fingerprint density at radius 1 is 0.441 bits per heavy atom. The van der Waals surface area contributed by atoms with Gasteiger partial charge in [0.25, 0.3) is 0 Å². The molecular formula is C32H65O2. The number of unbranched alkanes of at least 4 members (excludes halogenated alkanes) is 22. The second-order valence-corrected chi connectivity index (χ2v) is 10.6. The second-order valence-electron chi connectivity index (χ2n) is 10.6. The van der Waals surface area contributed by atoms with Crippen molar-refractivity contribution in [2.45, 2.75) is 180 Å². The zero-order chi connectivity index (χ0) is 24.8. The highest BCUT2D eigenvalue weighted by Gasteiger charge is 2.06. The summed E-state index contributed by atoms with van der Waals surface area (Å²) in [5, 5.41) is 0. The van der Waals surface area contributed by atoms with Crippen LogP contribution in [0.1, 0.15) is 174 Å². The van der Waals surface area contributed by atoms with Crippen molar-refractivity contribution in [1.82, 2.24) is 0 Å². The second kappa shape index (κ2) is 31.0. The molecule has 0 aromatic heterocycles. The zero-order valence-corrected chi connectivity index (χ0v) is 23.9. The van der Waals surface area contributed by atoms with Crippen molar-refractivity contribution in [2.75, 3.05) is 19.8 Å². The molecule has 0 aliphatic heterocycles. The molecular weight excluding hydrogens is 416 g/mol. The largest absolute Gasteiger partial charge is 0.379 e. The molecule has 1 unspecified atom stereocenters. The lowest BCUT2D eigenvalue weighted by Gasteiger charge is -2.16. The van der Waals surface area contributed by atoms with E-state index in [0.29, 0.717) is 0 Å². The minimum atomic E-state index is 0.186. The highest BCUT2D eigenvalue weighted by atomic mass is 16.5. The third kappa shape index (κ3) is 28.2. The molecule has 0 rings (SSSR count). The highest BCUT2D eigenvalue weighted by molar-refractivity contribution is 4.59. The van der Waals surface area contributed by atoms with E-state index < -0.39 is 0 Å². The van der Waals surface area contributed by atoms with Crippen LogP contribution in [0.2, 0.25) is 0 Å². The lowest BCUT2D eigenvalue weighted by atomic mass is 10.0. The Kier molecular flexibility index (Phi) is 30.9. The molecule has 0 aromatic carbocycles. The molecule has 1 radical (unpaired) electrons. The van der Waals surface area contributed by atoms with E-state index in [4.69, 9.17) is 9.47 Å². The fourth-order valence-corrected chi connectivity index (χ4v) is 4.67. The Hall–Kier alpha value is -0.0800. The van der Waals surface area contributed by atoms with Crippen LogP contribution in [0, 0.1) is 6.92 Å². The summed E-state index contributed by atoms with van der Waals surface area (Å²) in [4.78, 5) is 0. The summed E-state index contributed by atoms with van der Waals surface area (Å²) in [6, 6.07) is 0. The van der Waals surface area contributed by atoms with Gasteiger partial charge in [-0.1, -0.05) is 162 Å². The maximum Gasteiger partial charge on any atom is 0.0808 e. The minimum absolute atomic E-state index is 0.186. The standard InChI is InChI=1S/C32H65O2/c1-4-7-9-11-13-15-16-17-18-19-20-21-22-24-26-28-30-34-32(6-3)31-33-29-27-25-23-14-12-10-8-5-2/h32H,3-31H2,1-2H3. The van der Waals surface area contributed by atoms with Crippen molar-refractivity contribution in [2.24, 2.45) is 0 Å². The predicted octanol–water partition coefficient (Wildman–Crippen LogP) is 11.0. The fourth-order valence-electron chi connectivity index (χ4n) is 4.67. The molecule has 34 heavy (non-hydrogen) atoms. The van der Waals surface area contributed by atoms with Crippen LogP contribution >= 0.6 is 0 Å². The van der Waals surface area contributed by atoms with Crippen molar-refractivity contribution in [3.8, 4) is 0 Å². The number of rotatable bonds is 30. The van der Waals surface area contributed by atoms with Crippen LogP contribution in [-0.4, -0.2) is 25.9 Å². The minimum Gasteiger partial charge on any atom is -0.379 e. The molecule has 0 saturated heterocycles. The van der Waals surface area contributed by atoms with E-state index in [1.165, 1.54) is 154 Å². The van der Waals surface area contributed by atoms with Crippen molar-refractivity contribution in [3.63, 3.8) is 0 Å². The molecule has 0 spiro atoms. The zero-order valence-electron chi connectivity index (χ0n) is 23.9. The van der Waals surface area contributed by atoms with Crippen LogP contribution in [-0.2, 0) is 9.47 Å². The first-order valence-electron chi connectivity index (χ1n) is 15.8. The van der Waals surface area contributed by atoms with Crippen LogP contribution < -0.4 is 0 Å². The SMILES string of the molecule is [CH2]CC(COCCCCCCCCCC)OCCCCCCCCCCCCCCCCCC. The van der Waals surface area contributed by atoms with E-state index in [9.17, 15) is 0 Å². The van der Waals surface area contributed by atoms with Crippen LogP contribution in [0.5, 0.6) is 0 Å². The summed E-state index contributed by atoms with van der Waals surface area (Å²) in [6.45, 7) is 11.1. The summed E-state index contributed by atoms with van der Waals surface area (Å²) >= 11 is 0. The molecule has 0 bridgehead atoms. The van der Waals surface area contributed by atoms with Gasteiger partial charge in [0.2, 0.25) is 0 Å². The Labute approximate surface area is 216 Å². The van der Waals surface area contributed by atoms with E-state index in [1.54, 1.807) is 0 Å². The maximum atomic E-state index is 6.01. The first kappa shape index (κ1) is 33.9. The third-order valence-electron chi connectivity index (χ3n) is 7.12. The summed E-state index contributed by atoms with van der Waals surface area (Å²) in [5.41, 5.74) is 0. The topological polar surface area (TPSA) is 18.5 Å². The Morgan fingerprint density at radius 2 is 0.765 bits per heavy atom. The molecule has 0 aromatic rings. The van der Waals surface area contributed by atoms with Gasteiger partial charge in [-0.3, -0.25) is 0 Å². The van der Waals surface area contributed by atoms with Gasteiger partial charge in [0.1, 0.15) is 0 Å². The quantitative estimate of drug-likeness (QED) is 0.0949. The Bertz CT molecular complexity index is 344. The van der Waals surface area contributed by atoms with Crippen LogP contribution in [0.15, 0.2) is 0 Å². The maximum absolute atomic E-state index is 6.01. The highest BCUT2D eigenvalue weighted by Crippen LogP contribution is 2.14. The summed E-state index contributed by atoms with van der Waals surface area (Å²) in [6.07, 6.45) is 34.4. The number of hydrogen-bond donors (Lipinski definition) is 0. The van der Waals surface area contributed by atoms with Gasteiger partial charge in [-0.15, -0.1) is 0 Å². The molecule has 205 valence electrons. The summed E-state index contributed by atoms with van der Waals surface area (Å²) in [7, 11) is 0. The van der Waals surface area contributed by atoms with Gasteiger partial charge in [-0.25, -0.2) is 0 Å². The van der Waals surface area contributed by atoms with Crippen molar-refractivity contribution >= 4 is 0 Å². The number of ether oxygens (including phenoxy) is 2. The lowest BCUT2D eigenvalue weighted by Crippen LogP contribution is -2.20. The molecule has 1 atom stereocenters. The molecule has 0 amide bonds. The van der Waals surface area contributed by atoms with Gasteiger partial charge in [0.15, 0.2) is 0 Å². The van der Waals surface area contributed by atoms with E-state index in [2.05, 4.69) is 20.8 Å². The molecule has 0 aliphatic carbocycles. The van der Waals surface area contributed by atoms with Crippen LogP contribution in [0.3, 0.4) is 0 Å². The molecule has 0 N–H and O–H groups in total. The van der Waals surface area contributed by atoms with E-state index in [-0.39, 0.29) is 6.10 Å². The first-order chi connectivity index (χ1) is 16.8. The van der Waals surface area contributed by atoms with Gasteiger partial charge < -0.3 is 9.47 Å². The molecule has 0 saturated carbocycles. The molecule has 2 heteroatoms.